The lowest BCUT2D eigenvalue weighted by atomic mass is 10.1. The van der Waals surface area contributed by atoms with Crippen molar-refractivity contribution in [1.82, 2.24) is 10.2 Å². The van der Waals surface area contributed by atoms with Crippen molar-refractivity contribution >= 4 is 11.8 Å². The van der Waals surface area contributed by atoms with Crippen LogP contribution in [0, 0.1) is 0 Å². The van der Waals surface area contributed by atoms with Crippen molar-refractivity contribution in [2.24, 2.45) is 0 Å². The van der Waals surface area contributed by atoms with Gasteiger partial charge < -0.3 is 10.2 Å². The van der Waals surface area contributed by atoms with E-state index in [0.717, 1.165) is 11.1 Å². The SMILES string of the molecule is C=CCNC(=O)C(C)N(Cc1ccccc1)C(=O)CCc1ccccc1. The molecule has 1 N–H and O–H groups in total. The van der Waals surface area contributed by atoms with Crippen molar-refractivity contribution in [2.75, 3.05) is 6.54 Å². The van der Waals surface area contributed by atoms with Crippen molar-refractivity contribution in [3.63, 3.8) is 0 Å². The molecule has 4 heteroatoms. The van der Waals surface area contributed by atoms with Crippen molar-refractivity contribution in [2.45, 2.75) is 32.4 Å². The maximum absolute atomic E-state index is 12.9. The molecular weight excluding hydrogens is 324 g/mol. The van der Waals surface area contributed by atoms with E-state index in [1.165, 1.54) is 0 Å². The standard InChI is InChI=1S/C22H26N2O2/c1-3-16-23-22(26)18(2)24(17-20-12-8-5-9-13-20)21(25)15-14-19-10-6-4-7-11-19/h3-13,18H,1,14-17H2,2H3,(H,23,26). The molecule has 0 saturated carbocycles. The molecule has 1 atom stereocenters. The van der Waals surface area contributed by atoms with E-state index in [2.05, 4.69) is 11.9 Å². The molecule has 0 saturated heterocycles. The minimum Gasteiger partial charge on any atom is -0.351 e. The molecule has 2 amide bonds. The average Bonchev–Trinajstić information content (AvgIpc) is 2.69. The Bertz CT molecular complexity index is 713. The van der Waals surface area contributed by atoms with Crippen LogP contribution in [0.3, 0.4) is 0 Å². The van der Waals surface area contributed by atoms with Gasteiger partial charge in [0, 0.05) is 19.5 Å². The van der Waals surface area contributed by atoms with Crippen molar-refractivity contribution < 1.29 is 9.59 Å². The third kappa shape index (κ3) is 5.88. The van der Waals surface area contributed by atoms with Gasteiger partial charge in [-0.1, -0.05) is 66.7 Å². The number of nitrogens with one attached hydrogen (secondary N) is 1. The van der Waals surface area contributed by atoms with Gasteiger partial charge >= 0.3 is 0 Å². The summed E-state index contributed by atoms with van der Waals surface area (Å²) in [7, 11) is 0. The highest BCUT2D eigenvalue weighted by Gasteiger charge is 2.25. The maximum atomic E-state index is 12.9. The molecule has 0 aliphatic heterocycles. The van der Waals surface area contributed by atoms with Crippen LogP contribution in [0.1, 0.15) is 24.5 Å². The smallest absolute Gasteiger partial charge is 0.242 e. The van der Waals surface area contributed by atoms with E-state index in [1.54, 1.807) is 17.9 Å². The molecule has 2 aromatic rings. The first kappa shape index (κ1) is 19.4. The summed E-state index contributed by atoms with van der Waals surface area (Å²) in [6.45, 7) is 6.18. The fourth-order valence-electron chi connectivity index (χ4n) is 2.72. The van der Waals surface area contributed by atoms with Crippen LogP contribution in [-0.2, 0) is 22.6 Å². The summed E-state index contributed by atoms with van der Waals surface area (Å²) >= 11 is 0. The van der Waals surface area contributed by atoms with Gasteiger partial charge in [-0.05, 0) is 24.5 Å². The normalized spacial score (nSPS) is 11.4. The quantitative estimate of drug-likeness (QED) is 0.705. The van der Waals surface area contributed by atoms with E-state index in [1.807, 2.05) is 60.7 Å². The Labute approximate surface area is 155 Å². The van der Waals surface area contributed by atoms with Crippen LogP contribution in [0.25, 0.3) is 0 Å². The number of nitrogens with zero attached hydrogens (tertiary/aromatic N) is 1. The third-order valence-electron chi connectivity index (χ3n) is 4.25. The Balaban J connectivity index is 2.09. The Morgan fingerprint density at radius 2 is 1.62 bits per heavy atom. The van der Waals surface area contributed by atoms with Crippen LogP contribution in [0.4, 0.5) is 0 Å². The van der Waals surface area contributed by atoms with Crippen molar-refractivity contribution in [3.8, 4) is 0 Å². The summed E-state index contributed by atoms with van der Waals surface area (Å²) in [5.41, 5.74) is 2.12. The molecule has 0 heterocycles. The van der Waals surface area contributed by atoms with Crippen LogP contribution < -0.4 is 5.32 Å². The molecule has 0 radical (unpaired) electrons. The third-order valence-corrected chi connectivity index (χ3v) is 4.25. The molecule has 0 bridgehead atoms. The number of benzene rings is 2. The van der Waals surface area contributed by atoms with E-state index >= 15 is 0 Å². The fourth-order valence-corrected chi connectivity index (χ4v) is 2.72. The number of carbonyl (C=O) groups excluding carboxylic acids is 2. The van der Waals surface area contributed by atoms with Gasteiger partial charge in [0.25, 0.3) is 0 Å². The zero-order chi connectivity index (χ0) is 18.8. The first-order chi connectivity index (χ1) is 12.6. The second-order valence-corrected chi connectivity index (χ2v) is 6.20. The number of hydrogen-bond donors (Lipinski definition) is 1. The molecular formula is C22H26N2O2. The predicted octanol–water partition coefficient (Wildman–Crippen LogP) is 3.34. The predicted molar refractivity (Wildman–Crippen MR) is 104 cm³/mol. The molecule has 2 aromatic carbocycles. The van der Waals surface area contributed by atoms with E-state index in [0.29, 0.717) is 25.9 Å². The van der Waals surface area contributed by atoms with Crippen molar-refractivity contribution in [3.05, 3.63) is 84.4 Å². The van der Waals surface area contributed by atoms with Gasteiger partial charge in [-0.3, -0.25) is 9.59 Å². The Morgan fingerprint density at radius 1 is 1.04 bits per heavy atom. The Morgan fingerprint density at radius 3 is 2.19 bits per heavy atom. The number of hydrogen-bond acceptors (Lipinski definition) is 2. The average molecular weight is 350 g/mol. The molecule has 0 fully saturated rings. The van der Waals surface area contributed by atoms with Crippen LogP contribution in [0.2, 0.25) is 0 Å². The lowest BCUT2D eigenvalue weighted by Crippen LogP contribution is -2.47. The second-order valence-electron chi connectivity index (χ2n) is 6.20. The van der Waals surface area contributed by atoms with Gasteiger partial charge in [0.1, 0.15) is 6.04 Å². The largest absolute Gasteiger partial charge is 0.351 e. The highest BCUT2D eigenvalue weighted by molar-refractivity contribution is 5.87. The molecule has 0 spiro atoms. The fraction of sp³-hybridized carbons (Fsp3) is 0.273. The minimum atomic E-state index is -0.543. The van der Waals surface area contributed by atoms with Crippen LogP contribution >= 0.6 is 0 Å². The van der Waals surface area contributed by atoms with Gasteiger partial charge in [0.05, 0.1) is 0 Å². The van der Waals surface area contributed by atoms with E-state index in [-0.39, 0.29) is 11.8 Å². The maximum Gasteiger partial charge on any atom is 0.242 e. The van der Waals surface area contributed by atoms with E-state index < -0.39 is 6.04 Å². The summed E-state index contributed by atoms with van der Waals surface area (Å²) in [4.78, 5) is 26.9. The number of carbonyl (C=O) groups is 2. The summed E-state index contributed by atoms with van der Waals surface area (Å²) in [5, 5.41) is 2.78. The summed E-state index contributed by atoms with van der Waals surface area (Å²) in [6.07, 6.45) is 2.66. The lowest BCUT2D eigenvalue weighted by molar-refractivity contribution is -0.140. The van der Waals surface area contributed by atoms with Crippen LogP contribution in [0.5, 0.6) is 0 Å². The van der Waals surface area contributed by atoms with Gasteiger partial charge in [-0.2, -0.15) is 0 Å². The summed E-state index contributed by atoms with van der Waals surface area (Å²) in [6, 6.07) is 19.1. The molecule has 1 unspecified atom stereocenters. The molecule has 2 rings (SSSR count). The first-order valence-electron chi connectivity index (χ1n) is 8.87. The number of amides is 2. The van der Waals surface area contributed by atoms with Crippen molar-refractivity contribution in [1.29, 1.82) is 0 Å². The molecule has 26 heavy (non-hydrogen) atoms. The molecule has 0 aromatic heterocycles. The van der Waals surface area contributed by atoms with Gasteiger partial charge in [0.15, 0.2) is 0 Å². The highest BCUT2D eigenvalue weighted by Crippen LogP contribution is 2.13. The van der Waals surface area contributed by atoms with Crippen LogP contribution in [-0.4, -0.2) is 29.3 Å². The summed E-state index contributed by atoms with van der Waals surface area (Å²) < 4.78 is 0. The van der Waals surface area contributed by atoms with Crippen LogP contribution in [0.15, 0.2) is 73.3 Å². The molecule has 0 aliphatic rings. The Kier molecular flexibility index (Phi) is 7.62. The summed E-state index contributed by atoms with van der Waals surface area (Å²) in [5.74, 6) is -0.201. The number of aryl methyl sites for hydroxylation is 1. The molecule has 136 valence electrons. The van der Waals surface area contributed by atoms with Gasteiger partial charge in [0.2, 0.25) is 11.8 Å². The molecule has 4 nitrogen and oxygen atoms in total. The van der Waals surface area contributed by atoms with E-state index in [4.69, 9.17) is 0 Å². The lowest BCUT2D eigenvalue weighted by Gasteiger charge is -2.28. The van der Waals surface area contributed by atoms with E-state index in [9.17, 15) is 9.59 Å². The van der Waals surface area contributed by atoms with Gasteiger partial charge in [-0.25, -0.2) is 0 Å². The first-order valence-corrected chi connectivity index (χ1v) is 8.87. The number of rotatable bonds is 9. The topological polar surface area (TPSA) is 49.4 Å². The zero-order valence-electron chi connectivity index (χ0n) is 15.2. The van der Waals surface area contributed by atoms with Gasteiger partial charge in [-0.15, -0.1) is 6.58 Å². The second kappa shape index (κ2) is 10.2. The Hall–Kier alpha value is -2.88. The highest BCUT2D eigenvalue weighted by atomic mass is 16.2. The monoisotopic (exact) mass is 350 g/mol. The minimum absolute atomic E-state index is 0.0287. The zero-order valence-corrected chi connectivity index (χ0v) is 15.2. The molecule has 0 aliphatic carbocycles.